The third-order valence-electron chi connectivity index (χ3n) is 3.94. The van der Waals surface area contributed by atoms with Crippen LogP contribution in [0.15, 0.2) is 11.6 Å². The summed E-state index contributed by atoms with van der Waals surface area (Å²) in [6.45, 7) is 3.31. The summed E-state index contributed by atoms with van der Waals surface area (Å²) in [6.07, 6.45) is 12.0. The van der Waals surface area contributed by atoms with Gasteiger partial charge in [0, 0.05) is 24.2 Å². The molecule has 2 rings (SSSR count). The SMILES string of the molecule is CCN(C(=S)CCCc1nccs1)C1CCCCC1. The first-order chi connectivity index (χ1) is 9.31. The third-order valence-corrected chi connectivity index (χ3v) is 5.22. The van der Waals surface area contributed by atoms with Crippen molar-refractivity contribution >= 4 is 28.5 Å². The molecule has 1 aromatic rings. The van der Waals surface area contributed by atoms with Gasteiger partial charge in [0.05, 0.1) is 10.00 Å². The smallest absolute Gasteiger partial charge is 0.0924 e. The van der Waals surface area contributed by atoms with E-state index in [9.17, 15) is 0 Å². The minimum Gasteiger partial charge on any atom is -0.363 e. The second-order valence-electron chi connectivity index (χ2n) is 5.25. The van der Waals surface area contributed by atoms with Crippen molar-refractivity contribution in [3.8, 4) is 0 Å². The predicted octanol–water partition coefficient (Wildman–Crippen LogP) is 4.45. The van der Waals surface area contributed by atoms with E-state index < -0.39 is 0 Å². The number of aryl methyl sites for hydroxylation is 1. The normalized spacial score (nSPS) is 16.5. The zero-order valence-electron chi connectivity index (χ0n) is 11.8. The fraction of sp³-hybridized carbons (Fsp3) is 0.733. The average molecular weight is 297 g/mol. The largest absolute Gasteiger partial charge is 0.363 e. The van der Waals surface area contributed by atoms with Crippen LogP contribution >= 0.6 is 23.6 Å². The Kier molecular flexibility index (Phi) is 6.24. The number of thiazole rings is 1. The van der Waals surface area contributed by atoms with Gasteiger partial charge in [-0.3, -0.25) is 0 Å². The van der Waals surface area contributed by atoms with Gasteiger partial charge in [-0.25, -0.2) is 4.98 Å². The highest BCUT2D eigenvalue weighted by atomic mass is 32.1. The Morgan fingerprint density at radius 3 is 2.84 bits per heavy atom. The van der Waals surface area contributed by atoms with Crippen molar-refractivity contribution in [3.63, 3.8) is 0 Å². The summed E-state index contributed by atoms with van der Waals surface area (Å²) in [5.74, 6) is 0. The highest BCUT2D eigenvalue weighted by Crippen LogP contribution is 2.23. The van der Waals surface area contributed by atoms with E-state index in [1.807, 2.05) is 11.6 Å². The molecule has 19 heavy (non-hydrogen) atoms. The number of rotatable bonds is 6. The van der Waals surface area contributed by atoms with E-state index in [2.05, 4.69) is 16.8 Å². The minimum absolute atomic E-state index is 0.714. The Hall–Kier alpha value is -0.480. The van der Waals surface area contributed by atoms with Crippen LogP contribution in [0.5, 0.6) is 0 Å². The molecule has 1 saturated carbocycles. The molecule has 1 aliphatic rings. The Labute approximate surface area is 126 Å². The fourth-order valence-corrected chi connectivity index (χ4v) is 4.03. The molecule has 0 atom stereocenters. The van der Waals surface area contributed by atoms with E-state index in [0.717, 1.165) is 25.8 Å². The lowest BCUT2D eigenvalue weighted by molar-refractivity contribution is 0.252. The van der Waals surface area contributed by atoms with Gasteiger partial charge in [0.2, 0.25) is 0 Å². The van der Waals surface area contributed by atoms with Crippen LogP contribution in [-0.4, -0.2) is 27.5 Å². The highest BCUT2D eigenvalue weighted by Gasteiger charge is 2.21. The van der Waals surface area contributed by atoms with Crippen LogP contribution in [-0.2, 0) is 6.42 Å². The molecule has 0 saturated heterocycles. The van der Waals surface area contributed by atoms with Crippen molar-refractivity contribution < 1.29 is 0 Å². The molecule has 1 aliphatic carbocycles. The maximum Gasteiger partial charge on any atom is 0.0924 e. The fourth-order valence-electron chi connectivity index (χ4n) is 2.94. The maximum absolute atomic E-state index is 5.66. The van der Waals surface area contributed by atoms with Crippen LogP contribution in [0, 0.1) is 0 Å². The third kappa shape index (κ3) is 4.53. The van der Waals surface area contributed by atoms with Crippen molar-refractivity contribution in [3.05, 3.63) is 16.6 Å². The first-order valence-corrected chi connectivity index (χ1v) is 8.78. The molecule has 0 N–H and O–H groups in total. The molecule has 0 radical (unpaired) electrons. The molecule has 2 nitrogen and oxygen atoms in total. The van der Waals surface area contributed by atoms with E-state index in [1.54, 1.807) is 11.3 Å². The summed E-state index contributed by atoms with van der Waals surface area (Å²) in [6, 6.07) is 0.714. The topological polar surface area (TPSA) is 16.1 Å². The molecule has 0 amide bonds. The molecule has 0 spiro atoms. The van der Waals surface area contributed by atoms with Gasteiger partial charge < -0.3 is 4.90 Å². The zero-order chi connectivity index (χ0) is 13.5. The molecule has 1 fully saturated rings. The molecule has 106 valence electrons. The van der Waals surface area contributed by atoms with Crippen LogP contribution in [0.3, 0.4) is 0 Å². The molecule has 0 unspecified atom stereocenters. The number of hydrogen-bond acceptors (Lipinski definition) is 3. The van der Waals surface area contributed by atoms with E-state index in [4.69, 9.17) is 12.2 Å². The molecular weight excluding hydrogens is 272 g/mol. The summed E-state index contributed by atoms with van der Waals surface area (Å²) in [5.41, 5.74) is 0. The lowest BCUT2D eigenvalue weighted by Gasteiger charge is -2.35. The van der Waals surface area contributed by atoms with Gasteiger partial charge in [-0.2, -0.15) is 0 Å². The summed E-state index contributed by atoms with van der Waals surface area (Å²) < 4.78 is 0. The average Bonchev–Trinajstić information content (AvgIpc) is 2.94. The Bertz CT molecular complexity index is 370. The van der Waals surface area contributed by atoms with Gasteiger partial charge in [-0.05, 0) is 39.0 Å². The van der Waals surface area contributed by atoms with Gasteiger partial charge in [0.1, 0.15) is 0 Å². The summed E-state index contributed by atoms with van der Waals surface area (Å²) in [5, 5.41) is 3.29. The molecule has 1 heterocycles. The van der Waals surface area contributed by atoms with Crippen molar-refractivity contribution in [2.75, 3.05) is 6.54 Å². The molecule has 0 aromatic carbocycles. The Morgan fingerprint density at radius 2 is 2.21 bits per heavy atom. The van der Waals surface area contributed by atoms with E-state index in [1.165, 1.54) is 42.1 Å². The van der Waals surface area contributed by atoms with Gasteiger partial charge in [0.15, 0.2) is 0 Å². The first kappa shape index (κ1) is 14.9. The van der Waals surface area contributed by atoms with Crippen molar-refractivity contribution in [1.82, 2.24) is 9.88 Å². The summed E-state index contributed by atoms with van der Waals surface area (Å²) in [7, 11) is 0. The van der Waals surface area contributed by atoms with Crippen molar-refractivity contribution in [2.45, 2.75) is 64.3 Å². The van der Waals surface area contributed by atoms with E-state index in [-0.39, 0.29) is 0 Å². The molecule has 0 bridgehead atoms. The van der Waals surface area contributed by atoms with Crippen LogP contribution in [0.25, 0.3) is 0 Å². The summed E-state index contributed by atoms with van der Waals surface area (Å²) >= 11 is 7.41. The Morgan fingerprint density at radius 1 is 1.42 bits per heavy atom. The van der Waals surface area contributed by atoms with E-state index in [0.29, 0.717) is 6.04 Å². The van der Waals surface area contributed by atoms with Crippen molar-refractivity contribution in [2.24, 2.45) is 0 Å². The highest BCUT2D eigenvalue weighted by molar-refractivity contribution is 7.80. The molecular formula is C15H24N2S2. The zero-order valence-corrected chi connectivity index (χ0v) is 13.4. The summed E-state index contributed by atoms with van der Waals surface area (Å²) in [4.78, 5) is 7.98. The Balaban J connectivity index is 1.76. The van der Waals surface area contributed by atoms with Crippen LogP contribution in [0.1, 0.15) is 56.9 Å². The van der Waals surface area contributed by atoms with Gasteiger partial charge >= 0.3 is 0 Å². The minimum atomic E-state index is 0.714. The van der Waals surface area contributed by atoms with Gasteiger partial charge in [-0.1, -0.05) is 31.5 Å². The number of hydrogen-bond donors (Lipinski definition) is 0. The van der Waals surface area contributed by atoms with Gasteiger partial charge in [0.25, 0.3) is 0 Å². The molecule has 4 heteroatoms. The maximum atomic E-state index is 5.66. The van der Waals surface area contributed by atoms with Crippen molar-refractivity contribution in [1.29, 1.82) is 0 Å². The van der Waals surface area contributed by atoms with Crippen LogP contribution < -0.4 is 0 Å². The standard InChI is InChI=1S/C15H24N2S2/c1-2-17(13-7-4-3-5-8-13)15(18)10-6-9-14-16-11-12-19-14/h11-13H,2-10H2,1H3. The lowest BCUT2D eigenvalue weighted by Crippen LogP contribution is -2.40. The predicted molar refractivity (Wildman–Crippen MR) is 86.9 cm³/mol. The monoisotopic (exact) mass is 296 g/mol. The first-order valence-electron chi connectivity index (χ1n) is 7.49. The lowest BCUT2D eigenvalue weighted by atomic mass is 9.94. The van der Waals surface area contributed by atoms with Crippen LogP contribution in [0.2, 0.25) is 0 Å². The van der Waals surface area contributed by atoms with Crippen LogP contribution in [0.4, 0.5) is 0 Å². The molecule has 0 aliphatic heterocycles. The van der Waals surface area contributed by atoms with E-state index >= 15 is 0 Å². The number of nitrogens with zero attached hydrogens (tertiary/aromatic N) is 2. The quantitative estimate of drug-likeness (QED) is 0.722. The molecule has 1 aromatic heterocycles. The second kappa shape index (κ2) is 7.95. The number of aromatic nitrogens is 1. The number of thiocarbonyl (C=S) groups is 1. The van der Waals surface area contributed by atoms with Gasteiger partial charge in [-0.15, -0.1) is 11.3 Å². The second-order valence-corrected chi connectivity index (χ2v) is 6.70.